The summed E-state index contributed by atoms with van der Waals surface area (Å²) in [5.41, 5.74) is 2.10. The van der Waals surface area contributed by atoms with E-state index in [0.717, 1.165) is 23.4 Å². The molecular formula is C22H26N2O3. The molecule has 0 bridgehead atoms. The van der Waals surface area contributed by atoms with Crippen molar-refractivity contribution in [3.8, 4) is 5.75 Å². The van der Waals surface area contributed by atoms with Gasteiger partial charge in [0.15, 0.2) is 6.10 Å². The second-order valence-corrected chi connectivity index (χ2v) is 7.15. The SMILES string of the molecule is COc1ccccc1CNC(=O)[C@@H]1OCCN(C2CC2)[C@H]1c1ccccc1. The summed E-state index contributed by atoms with van der Waals surface area (Å²) in [5.74, 6) is 0.710. The summed E-state index contributed by atoms with van der Waals surface area (Å²) >= 11 is 0. The lowest BCUT2D eigenvalue weighted by molar-refractivity contribution is -0.146. The molecule has 1 amide bonds. The molecule has 1 aliphatic carbocycles. The zero-order chi connectivity index (χ0) is 18.6. The molecule has 2 aromatic carbocycles. The smallest absolute Gasteiger partial charge is 0.251 e. The van der Waals surface area contributed by atoms with Crippen LogP contribution >= 0.6 is 0 Å². The zero-order valence-corrected chi connectivity index (χ0v) is 15.6. The fraction of sp³-hybridized carbons (Fsp3) is 0.409. The summed E-state index contributed by atoms with van der Waals surface area (Å²) in [6.45, 7) is 1.89. The Morgan fingerprint density at radius 1 is 1.15 bits per heavy atom. The number of methoxy groups -OCH3 is 1. The Bertz CT molecular complexity index is 776. The maximum atomic E-state index is 13.0. The lowest BCUT2D eigenvalue weighted by Crippen LogP contribution is -2.52. The standard InChI is InChI=1S/C22H26N2O3/c1-26-19-10-6-5-9-17(19)15-23-22(25)21-20(16-7-3-2-4-8-16)24(13-14-27-21)18-11-12-18/h2-10,18,20-21H,11-15H2,1H3,(H,23,25)/t20-,21+/m0/s1. The minimum atomic E-state index is -0.503. The number of rotatable bonds is 6. The lowest BCUT2D eigenvalue weighted by atomic mass is 9.97. The third-order valence-electron chi connectivity index (χ3n) is 5.35. The molecule has 4 rings (SSSR count). The summed E-state index contributed by atoms with van der Waals surface area (Å²) < 4.78 is 11.4. The summed E-state index contributed by atoms with van der Waals surface area (Å²) in [7, 11) is 1.64. The van der Waals surface area contributed by atoms with Crippen LogP contribution in [0.15, 0.2) is 54.6 Å². The number of morpholine rings is 1. The van der Waals surface area contributed by atoms with Crippen molar-refractivity contribution in [1.29, 1.82) is 0 Å². The van der Waals surface area contributed by atoms with Crippen molar-refractivity contribution >= 4 is 5.91 Å². The molecule has 0 aromatic heterocycles. The van der Waals surface area contributed by atoms with Crippen LogP contribution in [-0.2, 0) is 16.1 Å². The van der Waals surface area contributed by atoms with Gasteiger partial charge in [0.25, 0.3) is 5.91 Å². The van der Waals surface area contributed by atoms with Gasteiger partial charge in [0.05, 0.1) is 19.8 Å². The third kappa shape index (κ3) is 3.99. The Morgan fingerprint density at radius 3 is 2.63 bits per heavy atom. The summed E-state index contributed by atoms with van der Waals surface area (Å²) in [5, 5.41) is 3.05. The Kier molecular flexibility index (Phi) is 5.41. The number of nitrogens with one attached hydrogen (secondary N) is 1. The topological polar surface area (TPSA) is 50.8 Å². The van der Waals surface area contributed by atoms with Crippen LogP contribution in [-0.4, -0.2) is 43.2 Å². The van der Waals surface area contributed by atoms with Gasteiger partial charge in [-0.05, 0) is 24.5 Å². The van der Waals surface area contributed by atoms with Crippen molar-refractivity contribution in [3.05, 3.63) is 65.7 Å². The fourth-order valence-corrected chi connectivity index (χ4v) is 3.87. The number of carbonyl (C=O) groups is 1. The van der Waals surface area contributed by atoms with Gasteiger partial charge in [-0.15, -0.1) is 0 Å². The van der Waals surface area contributed by atoms with Crippen LogP contribution < -0.4 is 10.1 Å². The molecule has 2 atom stereocenters. The third-order valence-corrected chi connectivity index (χ3v) is 5.35. The van der Waals surface area contributed by atoms with E-state index in [2.05, 4.69) is 22.3 Å². The van der Waals surface area contributed by atoms with Crippen molar-refractivity contribution in [2.75, 3.05) is 20.3 Å². The van der Waals surface area contributed by atoms with E-state index >= 15 is 0 Å². The summed E-state index contributed by atoms with van der Waals surface area (Å²) in [4.78, 5) is 15.5. The zero-order valence-electron chi connectivity index (χ0n) is 15.6. The van der Waals surface area contributed by atoms with E-state index < -0.39 is 6.10 Å². The second kappa shape index (κ2) is 8.11. The van der Waals surface area contributed by atoms with Crippen LogP contribution in [0.3, 0.4) is 0 Å². The first-order valence-electron chi connectivity index (χ1n) is 9.60. The van der Waals surface area contributed by atoms with Gasteiger partial charge >= 0.3 is 0 Å². The van der Waals surface area contributed by atoms with Gasteiger partial charge in [-0.25, -0.2) is 0 Å². The molecule has 1 aliphatic heterocycles. The van der Waals surface area contributed by atoms with E-state index in [1.165, 1.54) is 12.8 Å². The molecule has 5 heteroatoms. The molecule has 27 heavy (non-hydrogen) atoms. The van der Waals surface area contributed by atoms with Crippen LogP contribution in [0.5, 0.6) is 5.75 Å². The molecule has 0 spiro atoms. The number of ether oxygens (including phenoxy) is 2. The summed E-state index contributed by atoms with van der Waals surface area (Å²) in [6.07, 6.45) is 1.91. The van der Waals surface area contributed by atoms with Crippen LogP contribution in [0, 0.1) is 0 Å². The van der Waals surface area contributed by atoms with Crippen molar-refractivity contribution in [3.63, 3.8) is 0 Å². The highest BCUT2D eigenvalue weighted by atomic mass is 16.5. The molecule has 2 aliphatic rings. The van der Waals surface area contributed by atoms with Crippen LogP contribution in [0.1, 0.15) is 30.0 Å². The molecule has 1 saturated carbocycles. The number of amides is 1. The number of carbonyl (C=O) groups excluding carboxylic acids is 1. The molecule has 2 aromatic rings. The predicted molar refractivity (Wildman–Crippen MR) is 103 cm³/mol. The lowest BCUT2D eigenvalue weighted by Gasteiger charge is -2.41. The van der Waals surface area contributed by atoms with E-state index in [-0.39, 0.29) is 11.9 Å². The molecule has 2 fully saturated rings. The Hall–Kier alpha value is -2.37. The quantitative estimate of drug-likeness (QED) is 0.854. The van der Waals surface area contributed by atoms with Crippen molar-refractivity contribution in [1.82, 2.24) is 10.2 Å². The molecule has 5 nitrogen and oxygen atoms in total. The van der Waals surface area contributed by atoms with Gasteiger partial charge in [0.2, 0.25) is 0 Å². The number of benzene rings is 2. The number of nitrogens with zero attached hydrogens (tertiary/aromatic N) is 1. The van der Waals surface area contributed by atoms with E-state index in [4.69, 9.17) is 9.47 Å². The van der Waals surface area contributed by atoms with Crippen molar-refractivity contribution < 1.29 is 14.3 Å². The van der Waals surface area contributed by atoms with E-state index in [1.54, 1.807) is 7.11 Å². The average Bonchev–Trinajstić information content (AvgIpc) is 3.57. The fourth-order valence-electron chi connectivity index (χ4n) is 3.87. The van der Waals surface area contributed by atoms with Gasteiger partial charge < -0.3 is 14.8 Å². The predicted octanol–water partition coefficient (Wildman–Crippen LogP) is 2.92. The number of hydrogen-bond donors (Lipinski definition) is 1. The van der Waals surface area contributed by atoms with Gasteiger partial charge in [0.1, 0.15) is 5.75 Å². The highest BCUT2D eigenvalue weighted by Gasteiger charge is 2.43. The van der Waals surface area contributed by atoms with Gasteiger partial charge in [0, 0.05) is 24.7 Å². The van der Waals surface area contributed by atoms with E-state index in [0.29, 0.717) is 19.2 Å². The maximum absolute atomic E-state index is 13.0. The average molecular weight is 366 g/mol. The van der Waals surface area contributed by atoms with Gasteiger partial charge in [-0.2, -0.15) is 0 Å². The Balaban J connectivity index is 1.52. The Labute approximate surface area is 160 Å². The number of para-hydroxylation sites is 1. The van der Waals surface area contributed by atoms with E-state index in [1.807, 2.05) is 42.5 Å². The van der Waals surface area contributed by atoms with Crippen LogP contribution in [0.25, 0.3) is 0 Å². The Morgan fingerprint density at radius 2 is 1.89 bits per heavy atom. The molecule has 1 saturated heterocycles. The largest absolute Gasteiger partial charge is 0.496 e. The first-order chi connectivity index (χ1) is 13.3. The van der Waals surface area contributed by atoms with Crippen LogP contribution in [0.2, 0.25) is 0 Å². The normalized spacial score (nSPS) is 23.0. The maximum Gasteiger partial charge on any atom is 0.251 e. The highest BCUT2D eigenvalue weighted by molar-refractivity contribution is 5.82. The van der Waals surface area contributed by atoms with Gasteiger partial charge in [-0.3, -0.25) is 9.69 Å². The second-order valence-electron chi connectivity index (χ2n) is 7.15. The van der Waals surface area contributed by atoms with Gasteiger partial charge in [-0.1, -0.05) is 48.5 Å². The molecule has 142 valence electrons. The minimum Gasteiger partial charge on any atom is -0.496 e. The van der Waals surface area contributed by atoms with Crippen LogP contribution in [0.4, 0.5) is 0 Å². The molecule has 1 heterocycles. The van der Waals surface area contributed by atoms with Crippen molar-refractivity contribution in [2.45, 2.75) is 37.6 Å². The monoisotopic (exact) mass is 366 g/mol. The molecule has 0 unspecified atom stereocenters. The number of hydrogen-bond acceptors (Lipinski definition) is 4. The molecule has 0 radical (unpaired) electrons. The van der Waals surface area contributed by atoms with Crippen molar-refractivity contribution in [2.24, 2.45) is 0 Å². The highest BCUT2D eigenvalue weighted by Crippen LogP contribution is 2.38. The first-order valence-corrected chi connectivity index (χ1v) is 9.60. The molecular weight excluding hydrogens is 340 g/mol. The minimum absolute atomic E-state index is 0.0369. The first kappa shape index (κ1) is 18.0. The summed E-state index contributed by atoms with van der Waals surface area (Å²) in [6, 6.07) is 18.5. The van der Waals surface area contributed by atoms with E-state index in [9.17, 15) is 4.79 Å². The molecule has 1 N–H and O–H groups in total.